The number of fused-ring (bicyclic) bond motifs is 2. The van der Waals surface area contributed by atoms with Gasteiger partial charge in [0.2, 0.25) is 0 Å². The molecule has 1 amide bonds. The van der Waals surface area contributed by atoms with Crippen molar-refractivity contribution in [2.24, 2.45) is 11.8 Å². The molecule has 0 unspecified atom stereocenters. The number of carbonyl (C=O) groups is 1. The van der Waals surface area contributed by atoms with Crippen LogP contribution in [0.15, 0.2) is 11.6 Å². The molecule has 1 aliphatic carbocycles. The van der Waals surface area contributed by atoms with Crippen LogP contribution >= 0.6 is 0 Å². The van der Waals surface area contributed by atoms with Crippen molar-refractivity contribution in [2.75, 3.05) is 13.2 Å². The first-order valence-corrected chi connectivity index (χ1v) is 12.1. The second-order valence-corrected chi connectivity index (χ2v) is 13.6. The summed E-state index contributed by atoms with van der Waals surface area (Å²) >= 11 is 0. The monoisotopic (exact) mass is 309 g/mol. The van der Waals surface area contributed by atoms with Gasteiger partial charge >= 0.3 is 6.09 Å². The summed E-state index contributed by atoms with van der Waals surface area (Å²) in [7, 11) is -1.14. The predicted molar refractivity (Wildman–Crippen MR) is 90.3 cm³/mol. The van der Waals surface area contributed by atoms with E-state index in [1.54, 1.807) is 0 Å². The summed E-state index contributed by atoms with van der Waals surface area (Å²) in [5, 5.41) is 0. The Balaban J connectivity index is 2.00. The van der Waals surface area contributed by atoms with Gasteiger partial charge in [-0.2, -0.15) is 0 Å². The molecule has 2 rings (SSSR count). The molecule has 2 aliphatic rings. The van der Waals surface area contributed by atoms with Crippen LogP contribution in [-0.2, 0) is 4.74 Å². The Bertz CT molecular complexity index is 414. The Morgan fingerprint density at radius 2 is 2.05 bits per heavy atom. The maximum atomic E-state index is 12.5. The molecule has 0 aromatic carbocycles. The highest BCUT2D eigenvalue weighted by molar-refractivity contribution is 6.76. The van der Waals surface area contributed by atoms with E-state index in [1.807, 2.05) is 4.90 Å². The van der Waals surface area contributed by atoms with Gasteiger partial charge in [0.1, 0.15) is 0 Å². The minimum atomic E-state index is -1.14. The number of allylic oxidation sites excluding steroid dienone is 1. The molecular weight excluding hydrogens is 278 g/mol. The van der Waals surface area contributed by atoms with Crippen molar-refractivity contribution < 1.29 is 9.53 Å². The lowest BCUT2D eigenvalue weighted by atomic mass is 9.86. The number of amides is 1. The average Bonchev–Trinajstić information content (AvgIpc) is 2.78. The van der Waals surface area contributed by atoms with Crippen LogP contribution in [0.25, 0.3) is 0 Å². The van der Waals surface area contributed by atoms with Gasteiger partial charge in [-0.05, 0) is 51.0 Å². The normalized spacial score (nSPS) is 29.7. The first kappa shape index (κ1) is 16.6. The first-order chi connectivity index (χ1) is 9.81. The fraction of sp³-hybridized carbons (Fsp3) is 0.824. The van der Waals surface area contributed by atoms with Crippen LogP contribution in [0.1, 0.15) is 33.1 Å². The molecule has 0 aromatic heterocycles. The lowest BCUT2D eigenvalue weighted by Crippen LogP contribution is -2.49. The molecule has 3 atom stereocenters. The molecule has 1 aliphatic heterocycles. The van der Waals surface area contributed by atoms with Gasteiger partial charge in [0.05, 0.1) is 12.6 Å². The van der Waals surface area contributed by atoms with Crippen molar-refractivity contribution in [3.05, 3.63) is 11.6 Å². The van der Waals surface area contributed by atoms with Gasteiger partial charge in [-0.1, -0.05) is 31.3 Å². The number of piperidine rings is 1. The topological polar surface area (TPSA) is 29.5 Å². The number of carbonyl (C=O) groups excluding carboxylic acids is 1. The van der Waals surface area contributed by atoms with Crippen molar-refractivity contribution >= 4 is 14.2 Å². The van der Waals surface area contributed by atoms with Crippen LogP contribution in [-0.4, -0.2) is 38.3 Å². The van der Waals surface area contributed by atoms with Crippen LogP contribution in [0, 0.1) is 11.8 Å². The van der Waals surface area contributed by atoms with Crippen molar-refractivity contribution in [1.29, 1.82) is 0 Å². The zero-order valence-corrected chi connectivity index (χ0v) is 15.3. The summed E-state index contributed by atoms with van der Waals surface area (Å²) in [6, 6.07) is 1.32. The molecule has 1 saturated heterocycles. The number of likely N-dealkylation sites (tertiary alicyclic amines) is 1. The molecule has 1 heterocycles. The molecule has 2 fully saturated rings. The van der Waals surface area contributed by atoms with E-state index < -0.39 is 8.07 Å². The number of hydrogen-bond donors (Lipinski definition) is 0. The molecule has 21 heavy (non-hydrogen) atoms. The van der Waals surface area contributed by atoms with Gasteiger partial charge in [-0.15, -0.1) is 0 Å². The van der Waals surface area contributed by atoms with Gasteiger partial charge < -0.3 is 9.64 Å². The highest BCUT2D eigenvalue weighted by Crippen LogP contribution is 2.42. The van der Waals surface area contributed by atoms with E-state index in [4.69, 9.17) is 4.74 Å². The number of rotatable bonds is 4. The van der Waals surface area contributed by atoms with E-state index in [0.29, 0.717) is 18.4 Å². The van der Waals surface area contributed by atoms with E-state index in [-0.39, 0.29) is 12.1 Å². The van der Waals surface area contributed by atoms with E-state index in [9.17, 15) is 4.79 Å². The summed E-state index contributed by atoms with van der Waals surface area (Å²) in [4.78, 5) is 14.5. The van der Waals surface area contributed by atoms with E-state index in [1.165, 1.54) is 24.8 Å². The molecule has 2 bridgehead atoms. The van der Waals surface area contributed by atoms with Crippen LogP contribution in [0.4, 0.5) is 4.79 Å². The van der Waals surface area contributed by atoms with Crippen LogP contribution < -0.4 is 0 Å². The smallest absolute Gasteiger partial charge is 0.410 e. The fourth-order valence-electron chi connectivity index (χ4n) is 3.72. The van der Waals surface area contributed by atoms with Gasteiger partial charge in [0.15, 0.2) is 0 Å². The van der Waals surface area contributed by atoms with Crippen molar-refractivity contribution in [3.8, 4) is 0 Å². The maximum Gasteiger partial charge on any atom is 0.410 e. The van der Waals surface area contributed by atoms with Crippen LogP contribution in [0.3, 0.4) is 0 Å². The summed E-state index contributed by atoms with van der Waals surface area (Å²) < 4.78 is 5.60. The Kier molecular flexibility index (Phi) is 5.18. The molecule has 4 heteroatoms. The average molecular weight is 310 g/mol. The second-order valence-electron chi connectivity index (χ2n) is 7.99. The molecule has 1 saturated carbocycles. The SMILES string of the molecule is CC=C(C)[C@H]1[C@@H]2CC[C@@H](C2)CN1C(=O)OCC[Si](C)(C)C. The molecule has 0 aromatic rings. The molecular formula is C17H31NO2Si. The molecule has 0 radical (unpaired) electrons. The third-order valence-electron chi connectivity index (χ3n) is 5.05. The standard InChI is InChI=1S/C17H31NO2Si/c1-6-13(2)16-15-8-7-14(11-15)12-18(16)17(19)20-9-10-21(3,4)5/h6,14-16H,7-12H2,1-5H3/t14-,15+,16-/m0/s1. The summed E-state index contributed by atoms with van der Waals surface area (Å²) in [6.45, 7) is 12.6. The fourth-order valence-corrected chi connectivity index (χ4v) is 4.43. The number of hydrogen-bond acceptors (Lipinski definition) is 2. The van der Waals surface area contributed by atoms with E-state index in [0.717, 1.165) is 12.6 Å². The van der Waals surface area contributed by atoms with Crippen molar-refractivity contribution in [2.45, 2.75) is 64.8 Å². The van der Waals surface area contributed by atoms with E-state index in [2.05, 4.69) is 39.6 Å². The quantitative estimate of drug-likeness (QED) is 0.564. The minimum absolute atomic E-state index is 0.0870. The van der Waals surface area contributed by atoms with Crippen LogP contribution in [0.5, 0.6) is 0 Å². The van der Waals surface area contributed by atoms with Gasteiger partial charge in [-0.25, -0.2) is 4.79 Å². The molecule has 0 spiro atoms. The highest BCUT2D eigenvalue weighted by atomic mass is 28.3. The first-order valence-electron chi connectivity index (χ1n) is 8.38. The Labute approximate surface area is 130 Å². The number of nitrogens with zero attached hydrogens (tertiary/aromatic N) is 1. The Morgan fingerprint density at radius 1 is 1.33 bits per heavy atom. The summed E-state index contributed by atoms with van der Waals surface area (Å²) in [5.41, 5.74) is 1.32. The predicted octanol–water partition coefficient (Wildman–Crippen LogP) is 4.53. The van der Waals surface area contributed by atoms with Crippen LogP contribution in [0.2, 0.25) is 25.7 Å². The van der Waals surface area contributed by atoms with E-state index >= 15 is 0 Å². The van der Waals surface area contributed by atoms with Crippen molar-refractivity contribution in [1.82, 2.24) is 4.90 Å². The minimum Gasteiger partial charge on any atom is -0.450 e. The highest BCUT2D eigenvalue weighted by Gasteiger charge is 2.43. The van der Waals surface area contributed by atoms with Gasteiger partial charge in [-0.3, -0.25) is 0 Å². The second kappa shape index (κ2) is 6.55. The van der Waals surface area contributed by atoms with Crippen molar-refractivity contribution in [3.63, 3.8) is 0 Å². The molecule has 0 N–H and O–H groups in total. The van der Waals surface area contributed by atoms with Gasteiger partial charge in [0.25, 0.3) is 0 Å². The summed E-state index contributed by atoms with van der Waals surface area (Å²) in [5.74, 6) is 1.34. The van der Waals surface area contributed by atoms with Gasteiger partial charge in [0, 0.05) is 14.6 Å². The zero-order chi connectivity index (χ0) is 15.6. The lowest BCUT2D eigenvalue weighted by molar-refractivity contribution is 0.0650. The Morgan fingerprint density at radius 3 is 2.67 bits per heavy atom. The maximum absolute atomic E-state index is 12.5. The third-order valence-corrected chi connectivity index (χ3v) is 6.76. The zero-order valence-electron chi connectivity index (χ0n) is 14.3. The summed E-state index contributed by atoms with van der Waals surface area (Å²) in [6.07, 6.45) is 5.90. The lowest BCUT2D eigenvalue weighted by Gasteiger charge is -2.40. The molecule has 120 valence electrons. The molecule has 3 nitrogen and oxygen atoms in total. The largest absolute Gasteiger partial charge is 0.450 e. The third kappa shape index (κ3) is 4.12. The Hall–Kier alpha value is -0.773. The number of ether oxygens (including phenoxy) is 1.